The highest BCUT2D eigenvalue weighted by molar-refractivity contribution is 6.33. The summed E-state index contributed by atoms with van der Waals surface area (Å²) in [6.45, 7) is 3.94. The van der Waals surface area contributed by atoms with Crippen molar-refractivity contribution in [3.8, 4) is 0 Å². The van der Waals surface area contributed by atoms with Gasteiger partial charge < -0.3 is 9.84 Å². The molecule has 4 heteroatoms. The average molecular weight is 237 g/mol. The van der Waals surface area contributed by atoms with Crippen LogP contribution in [0.4, 0.5) is 0 Å². The Morgan fingerprint density at radius 1 is 1.20 bits per heavy atom. The van der Waals surface area contributed by atoms with Gasteiger partial charge in [0, 0.05) is 6.61 Å². The van der Waals surface area contributed by atoms with Gasteiger partial charge in [-0.3, -0.25) is 4.79 Å². The lowest BCUT2D eigenvalue weighted by atomic mass is 10.1. The number of aliphatic hydroxyl groups is 1. The zero-order chi connectivity index (χ0) is 11.7. The number of hydrogen-bond acceptors (Lipinski definition) is 3. The summed E-state index contributed by atoms with van der Waals surface area (Å²) >= 11 is 5.76. The number of unbranched alkanes of at least 4 members (excludes halogenated alkanes) is 4. The van der Waals surface area contributed by atoms with Crippen molar-refractivity contribution in [2.45, 2.75) is 50.8 Å². The fraction of sp³-hybridized carbons (Fsp3) is 0.909. The molecular formula is C11H21ClO3. The SMILES string of the molecule is CC(C)(Cl)C(=O)OCCCCCCCO. The van der Waals surface area contributed by atoms with Gasteiger partial charge in [-0.15, -0.1) is 11.6 Å². The molecule has 0 fully saturated rings. The molecular weight excluding hydrogens is 216 g/mol. The number of halogens is 1. The molecule has 0 rings (SSSR count). The topological polar surface area (TPSA) is 46.5 Å². The number of aliphatic hydroxyl groups excluding tert-OH is 1. The van der Waals surface area contributed by atoms with Crippen LogP contribution >= 0.6 is 11.6 Å². The summed E-state index contributed by atoms with van der Waals surface area (Å²) in [5.41, 5.74) is 0. The molecule has 0 saturated heterocycles. The van der Waals surface area contributed by atoms with Gasteiger partial charge in [-0.1, -0.05) is 19.3 Å². The molecule has 0 atom stereocenters. The second-order valence-corrected chi connectivity index (χ2v) is 5.04. The Bertz CT molecular complexity index is 175. The first-order chi connectivity index (χ1) is 6.98. The number of carbonyl (C=O) groups is 1. The van der Waals surface area contributed by atoms with Crippen LogP contribution in [0, 0.1) is 0 Å². The van der Waals surface area contributed by atoms with Crippen molar-refractivity contribution in [3.63, 3.8) is 0 Å². The number of esters is 1. The lowest BCUT2D eigenvalue weighted by Gasteiger charge is -2.14. The molecule has 0 amide bonds. The number of hydrogen-bond donors (Lipinski definition) is 1. The quantitative estimate of drug-likeness (QED) is 0.400. The summed E-state index contributed by atoms with van der Waals surface area (Å²) in [7, 11) is 0. The monoisotopic (exact) mass is 236 g/mol. The van der Waals surface area contributed by atoms with Gasteiger partial charge in [-0.2, -0.15) is 0 Å². The third kappa shape index (κ3) is 8.70. The molecule has 0 spiro atoms. The first kappa shape index (κ1) is 14.7. The highest BCUT2D eigenvalue weighted by atomic mass is 35.5. The first-order valence-corrected chi connectivity index (χ1v) is 5.83. The Morgan fingerprint density at radius 3 is 2.27 bits per heavy atom. The minimum atomic E-state index is -0.920. The van der Waals surface area contributed by atoms with Gasteiger partial charge in [0.1, 0.15) is 4.87 Å². The van der Waals surface area contributed by atoms with Crippen molar-refractivity contribution in [3.05, 3.63) is 0 Å². The Morgan fingerprint density at radius 2 is 1.73 bits per heavy atom. The molecule has 3 nitrogen and oxygen atoms in total. The van der Waals surface area contributed by atoms with Crippen molar-refractivity contribution < 1.29 is 14.6 Å². The second kappa shape index (κ2) is 7.94. The van der Waals surface area contributed by atoms with Crippen molar-refractivity contribution in [1.29, 1.82) is 0 Å². The predicted molar refractivity (Wildman–Crippen MR) is 61.1 cm³/mol. The third-order valence-electron chi connectivity index (χ3n) is 2.02. The fourth-order valence-corrected chi connectivity index (χ4v) is 1.14. The molecule has 0 aliphatic rings. The standard InChI is InChI=1S/C11H21ClO3/c1-11(2,12)10(14)15-9-7-5-3-4-6-8-13/h13H,3-9H2,1-2H3. The molecule has 0 aromatic carbocycles. The van der Waals surface area contributed by atoms with E-state index in [0.29, 0.717) is 6.61 Å². The molecule has 0 radical (unpaired) electrons. The minimum absolute atomic E-state index is 0.259. The Labute approximate surface area is 96.8 Å². The smallest absolute Gasteiger partial charge is 0.326 e. The van der Waals surface area contributed by atoms with Crippen LogP contribution in [0.1, 0.15) is 46.0 Å². The van der Waals surface area contributed by atoms with Crippen LogP contribution in [0.2, 0.25) is 0 Å². The van der Waals surface area contributed by atoms with E-state index in [-0.39, 0.29) is 12.6 Å². The predicted octanol–water partition coefficient (Wildman–Crippen LogP) is 2.49. The minimum Gasteiger partial charge on any atom is -0.464 e. The number of alkyl halides is 1. The second-order valence-electron chi connectivity index (χ2n) is 4.10. The first-order valence-electron chi connectivity index (χ1n) is 5.45. The summed E-state index contributed by atoms with van der Waals surface area (Å²) < 4.78 is 4.99. The molecule has 1 N–H and O–H groups in total. The molecule has 0 saturated carbocycles. The normalized spacial score (nSPS) is 11.5. The van der Waals surface area contributed by atoms with E-state index in [9.17, 15) is 4.79 Å². The van der Waals surface area contributed by atoms with Crippen LogP contribution in [0.3, 0.4) is 0 Å². The molecule has 0 heterocycles. The van der Waals surface area contributed by atoms with Crippen molar-refractivity contribution in [1.82, 2.24) is 0 Å². The Balaban J connectivity index is 3.28. The summed E-state index contributed by atoms with van der Waals surface area (Å²) in [4.78, 5) is 10.3. The van der Waals surface area contributed by atoms with Crippen LogP contribution in [0.5, 0.6) is 0 Å². The van der Waals surface area contributed by atoms with Gasteiger partial charge in [0.25, 0.3) is 0 Å². The van der Waals surface area contributed by atoms with Crippen molar-refractivity contribution >= 4 is 17.6 Å². The molecule has 0 aliphatic carbocycles. The van der Waals surface area contributed by atoms with Gasteiger partial charge in [0.15, 0.2) is 0 Å². The lowest BCUT2D eigenvalue weighted by molar-refractivity contribution is -0.146. The van der Waals surface area contributed by atoms with Gasteiger partial charge in [0.05, 0.1) is 6.61 Å². The third-order valence-corrected chi connectivity index (χ3v) is 2.18. The highest BCUT2D eigenvalue weighted by Crippen LogP contribution is 2.14. The van der Waals surface area contributed by atoms with Crippen LogP contribution in [-0.4, -0.2) is 29.2 Å². The molecule has 15 heavy (non-hydrogen) atoms. The number of ether oxygens (including phenoxy) is 1. The van der Waals surface area contributed by atoms with Crippen LogP contribution < -0.4 is 0 Å². The molecule has 0 bridgehead atoms. The lowest BCUT2D eigenvalue weighted by Crippen LogP contribution is -2.27. The van der Waals surface area contributed by atoms with Crippen LogP contribution in [0.25, 0.3) is 0 Å². The summed E-state index contributed by atoms with van der Waals surface area (Å²) in [5, 5.41) is 8.55. The van der Waals surface area contributed by atoms with E-state index in [1.54, 1.807) is 13.8 Å². The van der Waals surface area contributed by atoms with Gasteiger partial charge in [0.2, 0.25) is 0 Å². The number of rotatable bonds is 8. The molecule has 0 aromatic heterocycles. The van der Waals surface area contributed by atoms with Gasteiger partial charge in [-0.25, -0.2) is 0 Å². The fourth-order valence-electron chi connectivity index (χ4n) is 1.08. The zero-order valence-corrected chi connectivity index (χ0v) is 10.3. The Kier molecular flexibility index (Phi) is 7.79. The van der Waals surface area contributed by atoms with E-state index < -0.39 is 4.87 Å². The van der Waals surface area contributed by atoms with Crippen LogP contribution in [0.15, 0.2) is 0 Å². The molecule has 0 unspecified atom stereocenters. The maximum Gasteiger partial charge on any atom is 0.326 e. The largest absolute Gasteiger partial charge is 0.464 e. The molecule has 0 aliphatic heterocycles. The Hall–Kier alpha value is -0.280. The summed E-state index contributed by atoms with van der Waals surface area (Å²) in [6.07, 6.45) is 4.85. The average Bonchev–Trinajstić information content (AvgIpc) is 2.14. The van der Waals surface area contributed by atoms with E-state index in [4.69, 9.17) is 21.4 Å². The van der Waals surface area contributed by atoms with Crippen molar-refractivity contribution in [2.75, 3.05) is 13.2 Å². The van der Waals surface area contributed by atoms with Gasteiger partial charge >= 0.3 is 5.97 Å². The maximum absolute atomic E-state index is 11.2. The molecule has 0 aromatic rings. The van der Waals surface area contributed by atoms with E-state index in [2.05, 4.69) is 0 Å². The number of carbonyl (C=O) groups excluding carboxylic acids is 1. The summed E-state index contributed by atoms with van der Waals surface area (Å²) in [5.74, 6) is -0.362. The summed E-state index contributed by atoms with van der Waals surface area (Å²) in [6, 6.07) is 0. The van der Waals surface area contributed by atoms with Crippen LogP contribution in [-0.2, 0) is 9.53 Å². The highest BCUT2D eigenvalue weighted by Gasteiger charge is 2.25. The van der Waals surface area contributed by atoms with E-state index in [1.165, 1.54) is 0 Å². The van der Waals surface area contributed by atoms with Crippen molar-refractivity contribution in [2.24, 2.45) is 0 Å². The van der Waals surface area contributed by atoms with E-state index in [0.717, 1.165) is 32.1 Å². The molecule has 90 valence electrons. The van der Waals surface area contributed by atoms with Gasteiger partial charge in [-0.05, 0) is 26.7 Å². The zero-order valence-electron chi connectivity index (χ0n) is 9.59. The van der Waals surface area contributed by atoms with E-state index in [1.807, 2.05) is 0 Å². The van der Waals surface area contributed by atoms with E-state index >= 15 is 0 Å². The maximum atomic E-state index is 11.2.